The van der Waals surface area contributed by atoms with E-state index in [9.17, 15) is 36.2 Å². The topological polar surface area (TPSA) is 46.5 Å². The quantitative estimate of drug-likeness (QED) is 0.582. The van der Waals surface area contributed by atoms with E-state index in [1.54, 1.807) is 20.8 Å². The van der Waals surface area contributed by atoms with Crippen molar-refractivity contribution in [3.05, 3.63) is 0 Å². The fraction of sp³-hybridized carbons (Fsp3) is 0.933. The van der Waals surface area contributed by atoms with Crippen molar-refractivity contribution in [3.63, 3.8) is 0 Å². The van der Waals surface area contributed by atoms with Gasteiger partial charge in [-0.05, 0) is 45.4 Å². The number of alkyl halides is 6. The van der Waals surface area contributed by atoms with Crippen molar-refractivity contribution in [1.29, 1.82) is 0 Å². The predicted octanol–water partition coefficient (Wildman–Crippen LogP) is 4.38. The maximum atomic E-state index is 12.8. The lowest BCUT2D eigenvalue weighted by Crippen LogP contribution is -2.58. The second kappa shape index (κ2) is 6.72. The van der Waals surface area contributed by atoms with Gasteiger partial charge in [0.15, 0.2) is 0 Å². The molecule has 1 aliphatic rings. The van der Waals surface area contributed by atoms with Gasteiger partial charge in [-0.1, -0.05) is 6.92 Å². The summed E-state index contributed by atoms with van der Waals surface area (Å²) in [6, 6.07) is 0. The minimum atomic E-state index is -5.86. The number of carbonyl (C=O) groups is 1. The third-order valence-electron chi connectivity index (χ3n) is 4.78. The molecule has 0 bridgehead atoms. The molecule has 0 aromatic rings. The van der Waals surface area contributed by atoms with Crippen molar-refractivity contribution in [2.45, 2.75) is 76.9 Å². The lowest BCUT2D eigenvalue weighted by Gasteiger charge is -2.36. The monoisotopic (exact) mass is 364 g/mol. The maximum Gasteiger partial charge on any atom is 0.426 e. The summed E-state index contributed by atoms with van der Waals surface area (Å²) in [4.78, 5) is 12.0. The van der Waals surface area contributed by atoms with Gasteiger partial charge in [0, 0.05) is 6.42 Å². The number of aliphatic hydroxyl groups is 1. The highest BCUT2D eigenvalue weighted by atomic mass is 19.4. The predicted molar refractivity (Wildman–Crippen MR) is 73.0 cm³/mol. The molecule has 1 rings (SSSR count). The molecule has 9 heteroatoms. The molecule has 2 atom stereocenters. The van der Waals surface area contributed by atoms with E-state index < -0.39 is 47.8 Å². The highest BCUT2D eigenvalue weighted by molar-refractivity contribution is 5.76. The first kappa shape index (κ1) is 21.1. The van der Waals surface area contributed by atoms with Gasteiger partial charge in [-0.3, -0.25) is 4.79 Å². The van der Waals surface area contributed by atoms with E-state index in [4.69, 9.17) is 4.74 Å². The summed E-state index contributed by atoms with van der Waals surface area (Å²) in [6.07, 6.45) is -13.4. The highest BCUT2D eigenvalue weighted by Crippen LogP contribution is 2.49. The van der Waals surface area contributed by atoms with Crippen LogP contribution in [0.2, 0.25) is 0 Å². The van der Waals surface area contributed by atoms with Gasteiger partial charge >= 0.3 is 18.3 Å². The van der Waals surface area contributed by atoms with E-state index in [-0.39, 0.29) is 12.8 Å². The van der Waals surface area contributed by atoms with Crippen LogP contribution in [-0.4, -0.2) is 35.1 Å². The largest absolute Gasteiger partial charge is 0.462 e. The van der Waals surface area contributed by atoms with Gasteiger partial charge < -0.3 is 9.84 Å². The Labute approximate surface area is 136 Å². The smallest absolute Gasteiger partial charge is 0.426 e. The number of hydrogen-bond acceptors (Lipinski definition) is 3. The zero-order valence-corrected chi connectivity index (χ0v) is 13.7. The first-order chi connectivity index (χ1) is 10.7. The second-order valence-electron chi connectivity index (χ2n) is 6.93. The average Bonchev–Trinajstić information content (AvgIpc) is 2.83. The first-order valence-corrected chi connectivity index (χ1v) is 7.72. The summed E-state index contributed by atoms with van der Waals surface area (Å²) in [5.74, 6) is -1.86. The number of esters is 1. The zero-order valence-electron chi connectivity index (χ0n) is 13.7. The van der Waals surface area contributed by atoms with Crippen molar-refractivity contribution in [2.75, 3.05) is 0 Å². The van der Waals surface area contributed by atoms with Gasteiger partial charge in [-0.25, -0.2) is 0 Å². The van der Waals surface area contributed by atoms with Crippen molar-refractivity contribution < 1.29 is 41.0 Å². The molecule has 1 aliphatic carbocycles. The van der Waals surface area contributed by atoms with Crippen LogP contribution in [0.25, 0.3) is 0 Å². The minimum Gasteiger partial charge on any atom is -0.462 e. The molecular weight excluding hydrogens is 342 g/mol. The van der Waals surface area contributed by atoms with Gasteiger partial charge in [0.1, 0.15) is 6.10 Å². The Bertz CT molecular complexity index is 441. The third-order valence-corrected chi connectivity index (χ3v) is 4.78. The van der Waals surface area contributed by atoms with E-state index >= 15 is 0 Å². The summed E-state index contributed by atoms with van der Waals surface area (Å²) in [6.45, 7) is 4.89. The van der Waals surface area contributed by atoms with Crippen LogP contribution in [0.3, 0.4) is 0 Å². The van der Waals surface area contributed by atoms with Crippen molar-refractivity contribution in [3.8, 4) is 0 Å². The van der Waals surface area contributed by atoms with Crippen LogP contribution < -0.4 is 0 Å². The molecule has 1 fully saturated rings. The Balaban J connectivity index is 2.94. The van der Waals surface area contributed by atoms with Crippen molar-refractivity contribution in [2.24, 2.45) is 11.3 Å². The Morgan fingerprint density at radius 1 is 1.08 bits per heavy atom. The molecule has 0 saturated heterocycles. The number of hydrogen-bond donors (Lipinski definition) is 1. The maximum absolute atomic E-state index is 12.8. The summed E-state index contributed by atoms with van der Waals surface area (Å²) in [5, 5.41) is 9.31. The summed E-state index contributed by atoms with van der Waals surface area (Å²) < 4.78 is 82.0. The van der Waals surface area contributed by atoms with E-state index in [2.05, 4.69) is 0 Å². The molecule has 0 spiro atoms. The van der Waals surface area contributed by atoms with Gasteiger partial charge in [0.05, 0.1) is 5.41 Å². The normalized spacial score (nSPS) is 23.4. The SMILES string of the molecule is CCC(C)(C)C(=O)OC1CCCC1CC(O)(C(F)(F)F)C(F)(F)F. The van der Waals surface area contributed by atoms with Crippen LogP contribution >= 0.6 is 0 Å². The van der Waals surface area contributed by atoms with E-state index in [1.807, 2.05) is 0 Å². The molecule has 1 saturated carbocycles. The van der Waals surface area contributed by atoms with Crippen LogP contribution in [0.1, 0.15) is 52.9 Å². The number of rotatable bonds is 5. The van der Waals surface area contributed by atoms with Gasteiger partial charge in [0.25, 0.3) is 5.60 Å². The molecule has 0 heterocycles. The van der Waals surface area contributed by atoms with Gasteiger partial charge in [-0.2, -0.15) is 26.3 Å². The zero-order chi connectivity index (χ0) is 19.0. The van der Waals surface area contributed by atoms with Gasteiger partial charge in [-0.15, -0.1) is 0 Å². The second-order valence-corrected chi connectivity index (χ2v) is 6.93. The average molecular weight is 364 g/mol. The number of halogens is 6. The molecule has 142 valence electrons. The molecule has 24 heavy (non-hydrogen) atoms. The third kappa shape index (κ3) is 4.15. The fourth-order valence-electron chi connectivity index (χ4n) is 2.60. The van der Waals surface area contributed by atoms with Crippen molar-refractivity contribution in [1.82, 2.24) is 0 Å². The van der Waals surface area contributed by atoms with Crippen molar-refractivity contribution >= 4 is 5.97 Å². The Kier molecular flexibility index (Phi) is 5.90. The van der Waals surface area contributed by atoms with Crippen LogP contribution in [-0.2, 0) is 9.53 Å². The molecule has 3 nitrogen and oxygen atoms in total. The fourth-order valence-corrected chi connectivity index (χ4v) is 2.60. The molecule has 2 unspecified atom stereocenters. The van der Waals surface area contributed by atoms with E-state index in [0.29, 0.717) is 12.8 Å². The summed E-state index contributed by atoms with van der Waals surface area (Å²) in [5.41, 5.74) is -5.68. The molecule has 0 aromatic heterocycles. The Hall–Kier alpha value is -0.990. The lowest BCUT2D eigenvalue weighted by atomic mass is 9.86. The van der Waals surface area contributed by atoms with E-state index in [1.165, 1.54) is 0 Å². The molecule has 0 aromatic carbocycles. The number of ether oxygens (including phenoxy) is 1. The summed E-state index contributed by atoms with van der Waals surface area (Å²) in [7, 11) is 0. The minimum absolute atomic E-state index is 0.0268. The van der Waals surface area contributed by atoms with Crippen LogP contribution in [0.4, 0.5) is 26.3 Å². The highest BCUT2D eigenvalue weighted by Gasteiger charge is 2.71. The Morgan fingerprint density at radius 2 is 1.58 bits per heavy atom. The molecule has 0 radical (unpaired) electrons. The molecule has 0 amide bonds. The summed E-state index contributed by atoms with van der Waals surface area (Å²) >= 11 is 0. The molecule has 1 N–H and O–H groups in total. The number of carbonyl (C=O) groups excluding carboxylic acids is 1. The lowest BCUT2D eigenvalue weighted by molar-refractivity contribution is -0.373. The van der Waals surface area contributed by atoms with E-state index in [0.717, 1.165) is 0 Å². The Morgan fingerprint density at radius 3 is 2.00 bits per heavy atom. The van der Waals surface area contributed by atoms with Crippen LogP contribution in [0.15, 0.2) is 0 Å². The standard InChI is InChI=1S/C15H22F6O3/c1-4-12(2,3)11(22)24-10-7-5-6-9(10)8-13(23,14(16,17)18)15(19,20)21/h9-10,23H,4-8H2,1-3H3. The molecular formula is C15H22F6O3. The van der Waals surface area contributed by atoms with Crippen LogP contribution in [0.5, 0.6) is 0 Å². The first-order valence-electron chi connectivity index (χ1n) is 7.72. The molecule has 0 aliphatic heterocycles. The van der Waals surface area contributed by atoms with Crippen LogP contribution in [0, 0.1) is 11.3 Å². The van der Waals surface area contributed by atoms with Gasteiger partial charge in [0.2, 0.25) is 0 Å².